The minimum absolute atomic E-state index is 0.0338. The number of amides is 2. The maximum absolute atomic E-state index is 14.2. The van der Waals surface area contributed by atoms with Crippen LogP contribution in [0.5, 0.6) is 0 Å². The van der Waals surface area contributed by atoms with Gasteiger partial charge in [0.2, 0.25) is 5.91 Å². The number of halogens is 4. The van der Waals surface area contributed by atoms with Crippen LogP contribution in [-0.4, -0.2) is 45.0 Å². The van der Waals surface area contributed by atoms with Gasteiger partial charge in [0.25, 0.3) is 0 Å². The predicted molar refractivity (Wildman–Crippen MR) is 110 cm³/mol. The van der Waals surface area contributed by atoms with E-state index in [-0.39, 0.29) is 29.5 Å². The highest BCUT2D eigenvalue weighted by Crippen LogP contribution is 2.52. The van der Waals surface area contributed by atoms with Crippen LogP contribution in [-0.2, 0) is 21.2 Å². The summed E-state index contributed by atoms with van der Waals surface area (Å²) in [5.41, 5.74) is -3.95. The quantitative estimate of drug-likeness (QED) is 0.690. The van der Waals surface area contributed by atoms with Crippen molar-refractivity contribution in [3.05, 3.63) is 35.7 Å². The van der Waals surface area contributed by atoms with Crippen LogP contribution in [0.4, 0.5) is 22.4 Å². The Morgan fingerprint density at radius 1 is 1.12 bits per heavy atom. The van der Waals surface area contributed by atoms with Crippen LogP contribution < -0.4 is 5.32 Å². The van der Waals surface area contributed by atoms with Crippen molar-refractivity contribution in [3.8, 4) is 0 Å². The van der Waals surface area contributed by atoms with E-state index in [0.29, 0.717) is 13.1 Å². The zero-order valence-corrected chi connectivity index (χ0v) is 19.0. The summed E-state index contributed by atoms with van der Waals surface area (Å²) in [4.78, 5) is 30.4. The highest BCUT2D eigenvalue weighted by Gasteiger charge is 2.61. The smallest absolute Gasteiger partial charge is 0.435 e. The molecule has 180 valence electrons. The number of hydrogen-bond donors (Lipinski definition) is 1. The van der Waals surface area contributed by atoms with Gasteiger partial charge in [-0.2, -0.15) is 13.2 Å². The molecular formula is C22H26F4N4O3. The fourth-order valence-corrected chi connectivity index (χ4v) is 4.58. The van der Waals surface area contributed by atoms with Crippen molar-refractivity contribution in [1.82, 2.24) is 19.6 Å². The number of carbonyl (C=O) groups excluding carboxylic acids is 2. The van der Waals surface area contributed by atoms with E-state index in [1.807, 2.05) is 0 Å². The molecule has 0 spiro atoms. The fraction of sp³-hybridized carbons (Fsp3) is 0.591. The monoisotopic (exact) mass is 470 g/mol. The van der Waals surface area contributed by atoms with E-state index < -0.39 is 40.4 Å². The normalized spacial score (nSPS) is 22.9. The molecule has 1 N–H and O–H groups in total. The lowest BCUT2D eigenvalue weighted by atomic mass is 10.0. The van der Waals surface area contributed by atoms with Crippen LogP contribution in [0.15, 0.2) is 18.3 Å². The molecule has 3 atom stereocenters. The number of alkyl halides is 3. The number of nitrogens with one attached hydrogen (secondary N) is 1. The third-order valence-corrected chi connectivity index (χ3v) is 6.03. The van der Waals surface area contributed by atoms with Gasteiger partial charge in [0.1, 0.15) is 22.8 Å². The summed E-state index contributed by atoms with van der Waals surface area (Å²) in [6, 6.07) is 2.21. The average molecular weight is 470 g/mol. The van der Waals surface area contributed by atoms with E-state index in [9.17, 15) is 27.2 Å². The summed E-state index contributed by atoms with van der Waals surface area (Å²) < 4.78 is 61.1. The molecule has 0 aromatic carbocycles. The molecule has 1 saturated heterocycles. The molecule has 11 heteroatoms. The number of likely N-dealkylation sites (tertiary alicyclic amines) is 1. The number of pyridine rings is 1. The minimum Gasteiger partial charge on any atom is -0.444 e. The topological polar surface area (TPSA) is 75.9 Å². The minimum atomic E-state index is -4.86. The fourth-order valence-electron chi connectivity index (χ4n) is 4.58. The van der Waals surface area contributed by atoms with Crippen molar-refractivity contribution in [1.29, 1.82) is 0 Å². The van der Waals surface area contributed by atoms with Gasteiger partial charge in [-0.1, -0.05) is 0 Å². The lowest BCUT2D eigenvalue weighted by molar-refractivity contribution is -0.139. The van der Waals surface area contributed by atoms with E-state index >= 15 is 0 Å². The van der Waals surface area contributed by atoms with Crippen LogP contribution >= 0.6 is 0 Å². The Morgan fingerprint density at radius 2 is 1.73 bits per heavy atom. The van der Waals surface area contributed by atoms with Crippen LogP contribution in [0.25, 0.3) is 5.52 Å². The van der Waals surface area contributed by atoms with Crippen LogP contribution in [0, 0.1) is 23.6 Å². The molecular weight excluding hydrogens is 444 g/mol. The van der Waals surface area contributed by atoms with Gasteiger partial charge in [0.05, 0.1) is 5.54 Å². The van der Waals surface area contributed by atoms with Gasteiger partial charge in [-0.05, 0) is 58.6 Å². The number of carbonyl (C=O) groups is 2. The molecule has 1 saturated carbocycles. The number of imidazole rings is 1. The lowest BCUT2D eigenvalue weighted by Crippen LogP contribution is -2.45. The van der Waals surface area contributed by atoms with Gasteiger partial charge in [0, 0.05) is 25.2 Å². The number of ether oxygens (including phenoxy) is 1. The Balaban J connectivity index is 1.49. The second-order valence-corrected chi connectivity index (χ2v) is 10.2. The summed E-state index contributed by atoms with van der Waals surface area (Å²) in [7, 11) is 0. The summed E-state index contributed by atoms with van der Waals surface area (Å²) in [5, 5.41) is 2.78. The third-order valence-electron chi connectivity index (χ3n) is 6.03. The Hall–Kier alpha value is -2.85. The molecule has 7 nitrogen and oxygen atoms in total. The predicted octanol–water partition coefficient (Wildman–Crippen LogP) is 3.96. The standard InChI is InChI=1S/C22H26F4N4O3/c1-20(2,3)33-19(32)29-9-11-12(10-29)14(11)17(31)28-21(4,5)18-27-16(22(24,25)26)15-13(23)7-6-8-30(15)18/h6-8,11-12,14H,9-10H2,1-5H3,(H,28,31)/t11-,12+,14?. The SMILES string of the molecule is CC(C)(C)OC(=O)N1C[C@@H]2C(C(=O)NC(C)(C)c3nc(C(F)(F)F)c4c(F)cccn34)[C@@H]2C1. The zero-order chi connectivity index (χ0) is 24.5. The molecule has 2 aromatic rings. The van der Waals surface area contributed by atoms with Crippen LogP contribution in [0.2, 0.25) is 0 Å². The number of hydrogen-bond acceptors (Lipinski definition) is 4. The third kappa shape index (κ3) is 4.24. The van der Waals surface area contributed by atoms with E-state index in [0.717, 1.165) is 10.5 Å². The molecule has 1 aliphatic carbocycles. The van der Waals surface area contributed by atoms with Gasteiger partial charge < -0.3 is 15.0 Å². The first-order valence-corrected chi connectivity index (χ1v) is 10.6. The molecule has 2 aliphatic rings. The van der Waals surface area contributed by atoms with Gasteiger partial charge in [-0.25, -0.2) is 14.2 Å². The first-order chi connectivity index (χ1) is 15.1. The number of piperidine rings is 1. The van der Waals surface area contributed by atoms with E-state index in [1.54, 1.807) is 25.7 Å². The van der Waals surface area contributed by atoms with Crippen molar-refractivity contribution in [3.63, 3.8) is 0 Å². The maximum Gasteiger partial charge on any atom is 0.435 e. The van der Waals surface area contributed by atoms with E-state index in [1.165, 1.54) is 26.1 Å². The number of rotatable bonds is 3. The van der Waals surface area contributed by atoms with E-state index in [2.05, 4.69) is 10.3 Å². The molecule has 33 heavy (non-hydrogen) atoms. The van der Waals surface area contributed by atoms with Gasteiger partial charge >= 0.3 is 12.3 Å². The Morgan fingerprint density at radius 3 is 2.27 bits per heavy atom. The molecule has 1 aliphatic heterocycles. The molecule has 2 amide bonds. The van der Waals surface area contributed by atoms with Gasteiger partial charge in [0.15, 0.2) is 5.69 Å². The van der Waals surface area contributed by atoms with Crippen molar-refractivity contribution in [2.24, 2.45) is 17.8 Å². The number of nitrogens with zero attached hydrogens (tertiary/aromatic N) is 3. The van der Waals surface area contributed by atoms with Crippen LogP contribution in [0.3, 0.4) is 0 Å². The highest BCUT2D eigenvalue weighted by molar-refractivity contribution is 5.84. The maximum atomic E-state index is 14.2. The summed E-state index contributed by atoms with van der Waals surface area (Å²) in [6.45, 7) is 9.13. The average Bonchev–Trinajstić information content (AvgIpc) is 3.00. The molecule has 4 rings (SSSR count). The van der Waals surface area contributed by atoms with Crippen molar-refractivity contribution < 1.29 is 31.9 Å². The largest absolute Gasteiger partial charge is 0.444 e. The van der Waals surface area contributed by atoms with Gasteiger partial charge in [-0.3, -0.25) is 9.20 Å². The highest BCUT2D eigenvalue weighted by atomic mass is 19.4. The molecule has 2 aromatic heterocycles. The summed E-state index contributed by atoms with van der Waals surface area (Å²) in [6.07, 6.45) is -4.00. The molecule has 2 fully saturated rings. The second kappa shape index (κ2) is 7.33. The van der Waals surface area contributed by atoms with Crippen molar-refractivity contribution in [2.75, 3.05) is 13.1 Å². The Labute approximate surface area is 188 Å². The Bertz CT molecular complexity index is 1110. The second-order valence-electron chi connectivity index (χ2n) is 10.2. The Kier molecular flexibility index (Phi) is 5.18. The molecule has 0 radical (unpaired) electrons. The molecule has 1 unspecified atom stereocenters. The summed E-state index contributed by atoms with van der Waals surface area (Å²) in [5.74, 6) is -1.93. The number of fused-ring (bicyclic) bond motifs is 2. The van der Waals surface area contributed by atoms with Crippen molar-refractivity contribution in [2.45, 2.75) is 51.9 Å². The zero-order valence-electron chi connectivity index (χ0n) is 19.0. The molecule has 0 bridgehead atoms. The van der Waals surface area contributed by atoms with Crippen molar-refractivity contribution >= 4 is 17.5 Å². The van der Waals surface area contributed by atoms with E-state index in [4.69, 9.17) is 4.74 Å². The first-order valence-electron chi connectivity index (χ1n) is 10.6. The molecule has 3 heterocycles. The first kappa shape index (κ1) is 23.3. The summed E-state index contributed by atoms with van der Waals surface area (Å²) >= 11 is 0. The van der Waals surface area contributed by atoms with Gasteiger partial charge in [-0.15, -0.1) is 0 Å². The lowest BCUT2D eigenvalue weighted by Gasteiger charge is -2.27. The number of aromatic nitrogens is 2. The van der Waals surface area contributed by atoms with Crippen LogP contribution in [0.1, 0.15) is 46.1 Å².